The number of sulfonamides is 1. The fraction of sp³-hybridized carbons (Fsp3) is 0.435. The Bertz CT molecular complexity index is 976. The van der Waals surface area contributed by atoms with Crippen molar-refractivity contribution in [3.05, 3.63) is 70.2 Å². The molecule has 0 radical (unpaired) electrons. The first-order valence-electron chi connectivity index (χ1n) is 10.4. The smallest absolute Gasteiger partial charge is 0.224 e. The Balaban J connectivity index is 1.65. The number of hydrogen-bond donors (Lipinski definition) is 1. The molecule has 1 heterocycles. The molecule has 162 valence electrons. The summed E-state index contributed by atoms with van der Waals surface area (Å²) < 4.78 is 27.3. The molecule has 2 unspecified atom stereocenters. The Labute approximate surface area is 184 Å². The number of carbonyl (C=O) groups is 1. The van der Waals surface area contributed by atoms with Crippen molar-refractivity contribution in [1.29, 1.82) is 0 Å². The maximum atomic E-state index is 12.9. The lowest BCUT2D eigenvalue weighted by Gasteiger charge is -2.32. The molecule has 1 N–H and O–H groups in total. The van der Waals surface area contributed by atoms with Gasteiger partial charge in [0.25, 0.3) is 0 Å². The molecule has 1 aliphatic heterocycles. The van der Waals surface area contributed by atoms with Gasteiger partial charge in [-0.3, -0.25) is 4.79 Å². The van der Waals surface area contributed by atoms with E-state index >= 15 is 0 Å². The average Bonchev–Trinajstić information content (AvgIpc) is 2.72. The number of halogens is 1. The van der Waals surface area contributed by atoms with Gasteiger partial charge in [-0.25, -0.2) is 12.7 Å². The number of amides is 1. The Morgan fingerprint density at radius 2 is 1.97 bits per heavy atom. The SMILES string of the molecule is CCC(NC(=O)C1CCCN(S(=O)(=O)Cc2cccc(Cl)c2)C1)c1ccc(C)cc1. The van der Waals surface area contributed by atoms with Gasteiger partial charge >= 0.3 is 0 Å². The third-order valence-electron chi connectivity index (χ3n) is 5.59. The average molecular weight is 449 g/mol. The van der Waals surface area contributed by atoms with Crippen molar-refractivity contribution < 1.29 is 13.2 Å². The predicted molar refractivity (Wildman–Crippen MR) is 121 cm³/mol. The van der Waals surface area contributed by atoms with Crippen LogP contribution in [-0.2, 0) is 20.6 Å². The van der Waals surface area contributed by atoms with E-state index in [9.17, 15) is 13.2 Å². The van der Waals surface area contributed by atoms with Gasteiger partial charge in [0.1, 0.15) is 0 Å². The van der Waals surface area contributed by atoms with Gasteiger partial charge in [0.05, 0.1) is 17.7 Å². The zero-order valence-electron chi connectivity index (χ0n) is 17.5. The van der Waals surface area contributed by atoms with E-state index in [0.29, 0.717) is 30.0 Å². The Kier molecular flexibility index (Phi) is 7.55. The summed E-state index contributed by atoms with van der Waals surface area (Å²) >= 11 is 5.98. The number of nitrogens with zero attached hydrogens (tertiary/aromatic N) is 1. The third-order valence-corrected chi connectivity index (χ3v) is 7.64. The lowest BCUT2D eigenvalue weighted by Crippen LogP contribution is -2.46. The van der Waals surface area contributed by atoms with Crippen molar-refractivity contribution in [3.8, 4) is 0 Å². The lowest BCUT2D eigenvalue weighted by molar-refractivity contribution is -0.126. The summed E-state index contributed by atoms with van der Waals surface area (Å²) in [7, 11) is -3.52. The van der Waals surface area contributed by atoms with Gasteiger partial charge in [-0.2, -0.15) is 0 Å². The minimum atomic E-state index is -3.52. The molecule has 2 atom stereocenters. The number of hydrogen-bond acceptors (Lipinski definition) is 3. The molecule has 0 bridgehead atoms. The fourth-order valence-corrected chi connectivity index (χ4v) is 5.66. The minimum Gasteiger partial charge on any atom is -0.349 e. The molecule has 1 fully saturated rings. The van der Waals surface area contributed by atoms with Crippen LogP contribution in [0.2, 0.25) is 5.02 Å². The molecule has 5 nitrogen and oxygen atoms in total. The maximum Gasteiger partial charge on any atom is 0.224 e. The molecular formula is C23H29ClN2O3S. The predicted octanol–water partition coefficient (Wildman–Crippen LogP) is 4.46. The van der Waals surface area contributed by atoms with Gasteiger partial charge < -0.3 is 5.32 Å². The van der Waals surface area contributed by atoms with Crippen molar-refractivity contribution in [2.75, 3.05) is 13.1 Å². The van der Waals surface area contributed by atoms with Crippen LogP contribution >= 0.6 is 11.6 Å². The first-order valence-corrected chi connectivity index (χ1v) is 12.4. The van der Waals surface area contributed by atoms with Crippen molar-refractivity contribution in [2.45, 2.75) is 44.9 Å². The number of aryl methyl sites for hydroxylation is 1. The van der Waals surface area contributed by atoms with Crippen LogP contribution in [0.1, 0.15) is 48.9 Å². The molecule has 2 aromatic carbocycles. The molecule has 1 aliphatic rings. The number of piperidine rings is 1. The van der Waals surface area contributed by atoms with Crippen LogP contribution < -0.4 is 5.32 Å². The molecule has 7 heteroatoms. The summed E-state index contributed by atoms with van der Waals surface area (Å²) in [5, 5.41) is 3.64. The summed E-state index contributed by atoms with van der Waals surface area (Å²) in [6.45, 7) is 4.73. The molecule has 30 heavy (non-hydrogen) atoms. The van der Waals surface area contributed by atoms with Crippen LogP contribution in [0.5, 0.6) is 0 Å². The molecule has 0 aliphatic carbocycles. The van der Waals surface area contributed by atoms with Crippen LogP contribution in [0.3, 0.4) is 0 Å². The van der Waals surface area contributed by atoms with E-state index in [1.54, 1.807) is 24.3 Å². The van der Waals surface area contributed by atoms with Gasteiger partial charge in [-0.15, -0.1) is 0 Å². The second kappa shape index (κ2) is 9.94. The second-order valence-corrected chi connectivity index (χ2v) is 10.4. The number of carbonyl (C=O) groups excluding carboxylic acids is 1. The minimum absolute atomic E-state index is 0.0726. The highest BCUT2D eigenvalue weighted by atomic mass is 35.5. The largest absolute Gasteiger partial charge is 0.349 e. The summed E-state index contributed by atoms with van der Waals surface area (Å²) in [6, 6.07) is 15.0. The molecular weight excluding hydrogens is 420 g/mol. The molecule has 0 spiro atoms. The lowest BCUT2D eigenvalue weighted by atomic mass is 9.97. The number of benzene rings is 2. The summed E-state index contributed by atoms with van der Waals surface area (Å²) in [5.41, 5.74) is 2.89. The number of nitrogens with one attached hydrogen (secondary N) is 1. The van der Waals surface area contributed by atoms with E-state index < -0.39 is 10.0 Å². The van der Waals surface area contributed by atoms with Gasteiger partial charge in [0.15, 0.2) is 0 Å². The van der Waals surface area contributed by atoms with Crippen LogP contribution in [0, 0.1) is 12.8 Å². The third kappa shape index (κ3) is 5.84. The van der Waals surface area contributed by atoms with E-state index in [1.165, 1.54) is 9.87 Å². The zero-order valence-corrected chi connectivity index (χ0v) is 19.0. The standard InChI is InChI=1S/C23H29ClN2O3S/c1-3-22(19-11-9-17(2)10-12-19)25-23(27)20-7-5-13-26(15-20)30(28,29)16-18-6-4-8-21(24)14-18/h4,6,8-12,14,20,22H,3,5,7,13,15-16H2,1-2H3,(H,25,27). The van der Waals surface area contributed by atoms with Gasteiger partial charge in [0, 0.05) is 18.1 Å². The van der Waals surface area contributed by atoms with Crippen molar-refractivity contribution in [1.82, 2.24) is 9.62 Å². The Morgan fingerprint density at radius 3 is 2.63 bits per heavy atom. The van der Waals surface area contributed by atoms with E-state index in [0.717, 1.165) is 12.0 Å². The van der Waals surface area contributed by atoms with Crippen LogP contribution in [0.15, 0.2) is 48.5 Å². The first-order chi connectivity index (χ1) is 14.3. The number of rotatable bonds is 7. The monoisotopic (exact) mass is 448 g/mol. The van der Waals surface area contributed by atoms with Crippen molar-refractivity contribution in [2.24, 2.45) is 5.92 Å². The maximum absolute atomic E-state index is 12.9. The summed E-state index contributed by atoms with van der Waals surface area (Å²) in [5.74, 6) is -0.527. The molecule has 1 amide bonds. The summed E-state index contributed by atoms with van der Waals surface area (Å²) in [6.07, 6.45) is 2.14. The van der Waals surface area contributed by atoms with E-state index in [1.807, 2.05) is 38.1 Å². The molecule has 1 saturated heterocycles. The van der Waals surface area contributed by atoms with Crippen LogP contribution in [0.4, 0.5) is 0 Å². The molecule has 2 aromatic rings. The Morgan fingerprint density at radius 1 is 1.23 bits per heavy atom. The van der Waals surface area contributed by atoms with Crippen molar-refractivity contribution >= 4 is 27.5 Å². The normalized spacial score (nSPS) is 18.7. The van der Waals surface area contributed by atoms with Gasteiger partial charge in [-0.1, -0.05) is 60.5 Å². The highest BCUT2D eigenvalue weighted by Crippen LogP contribution is 2.24. The highest BCUT2D eigenvalue weighted by Gasteiger charge is 2.33. The van der Waals surface area contributed by atoms with Gasteiger partial charge in [-0.05, 0) is 49.4 Å². The highest BCUT2D eigenvalue weighted by molar-refractivity contribution is 7.88. The second-order valence-electron chi connectivity index (χ2n) is 7.96. The quantitative estimate of drug-likeness (QED) is 0.680. The topological polar surface area (TPSA) is 66.5 Å². The first kappa shape index (κ1) is 22.8. The fourth-order valence-electron chi connectivity index (χ4n) is 3.85. The van der Waals surface area contributed by atoms with E-state index in [4.69, 9.17) is 11.6 Å². The van der Waals surface area contributed by atoms with E-state index in [2.05, 4.69) is 5.32 Å². The van der Waals surface area contributed by atoms with Crippen LogP contribution in [-0.4, -0.2) is 31.7 Å². The van der Waals surface area contributed by atoms with Crippen LogP contribution in [0.25, 0.3) is 0 Å². The zero-order chi connectivity index (χ0) is 21.7. The molecule has 0 aromatic heterocycles. The van der Waals surface area contributed by atoms with Crippen molar-refractivity contribution in [3.63, 3.8) is 0 Å². The van der Waals surface area contributed by atoms with E-state index in [-0.39, 0.29) is 30.2 Å². The van der Waals surface area contributed by atoms with Gasteiger partial charge in [0.2, 0.25) is 15.9 Å². The molecule has 0 saturated carbocycles. The Hall–Kier alpha value is -1.89. The summed E-state index contributed by atoms with van der Waals surface area (Å²) in [4.78, 5) is 12.9. The molecule has 3 rings (SSSR count).